The van der Waals surface area contributed by atoms with Gasteiger partial charge < -0.3 is 29.4 Å². The van der Waals surface area contributed by atoms with Crippen molar-refractivity contribution in [3.05, 3.63) is 17.7 Å². The smallest absolute Gasteiger partial charge is 0.305 e. The summed E-state index contributed by atoms with van der Waals surface area (Å²) in [6.07, 6.45) is 1.00. The average molecular weight is 367 g/mol. The number of methoxy groups -OCH3 is 3. The molecule has 0 aliphatic carbocycles. The summed E-state index contributed by atoms with van der Waals surface area (Å²) in [6, 6.07) is 3.58. The summed E-state index contributed by atoms with van der Waals surface area (Å²) in [5.74, 6) is 0.361. The Morgan fingerprint density at radius 2 is 1.85 bits per heavy atom. The van der Waals surface area contributed by atoms with E-state index in [9.17, 15) is 9.59 Å². The Hall–Kier alpha value is -2.48. The van der Waals surface area contributed by atoms with Crippen LogP contribution in [0.25, 0.3) is 0 Å². The van der Waals surface area contributed by atoms with E-state index in [2.05, 4.69) is 5.32 Å². The lowest BCUT2D eigenvalue weighted by molar-refractivity contribution is -0.139. The Morgan fingerprint density at radius 3 is 2.31 bits per heavy atom. The number of ether oxygens (including phenoxy) is 4. The Labute approximate surface area is 152 Å². The first-order valence-corrected chi connectivity index (χ1v) is 8.32. The fourth-order valence-corrected chi connectivity index (χ4v) is 3.07. The molecule has 8 heteroatoms. The molecule has 1 saturated heterocycles. The van der Waals surface area contributed by atoms with E-state index in [0.717, 1.165) is 5.56 Å². The van der Waals surface area contributed by atoms with Crippen LogP contribution in [-0.2, 0) is 20.7 Å². The van der Waals surface area contributed by atoms with Gasteiger partial charge in [0, 0.05) is 13.0 Å². The number of amides is 1. The molecule has 26 heavy (non-hydrogen) atoms. The molecule has 2 N–H and O–H groups in total. The van der Waals surface area contributed by atoms with Crippen molar-refractivity contribution in [3.63, 3.8) is 0 Å². The van der Waals surface area contributed by atoms with Gasteiger partial charge >= 0.3 is 5.97 Å². The Bertz CT molecular complexity index is 628. The molecule has 0 radical (unpaired) electrons. The second-order valence-electron chi connectivity index (χ2n) is 6.24. The van der Waals surface area contributed by atoms with E-state index in [-0.39, 0.29) is 25.4 Å². The quantitative estimate of drug-likeness (QED) is 0.680. The molecule has 144 valence electrons. The van der Waals surface area contributed by atoms with Gasteiger partial charge in [0.05, 0.1) is 39.9 Å². The van der Waals surface area contributed by atoms with Gasteiger partial charge in [-0.3, -0.25) is 9.59 Å². The molecular formula is C18H25NO7. The molecule has 0 aromatic heterocycles. The molecule has 1 aromatic carbocycles. The van der Waals surface area contributed by atoms with E-state index in [1.165, 1.54) is 21.3 Å². The lowest BCUT2D eigenvalue weighted by Crippen LogP contribution is -2.50. The third-order valence-electron chi connectivity index (χ3n) is 4.36. The fourth-order valence-electron chi connectivity index (χ4n) is 3.07. The van der Waals surface area contributed by atoms with E-state index in [1.54, 1.807) is 12.1 Å². The van der Waals surface area contributed by atoms with Crippen LogP contribution in [-0.4, -0.2) is 57.1 Å². The van der Waals surface area contributed by atoms with Crippen molar-refractivity contribution in [2.75, 3.05) is 34.5 Å². The maximum Gasteiger partial charge on any atom is 0.305 e. The van der Waals surface area contributed by atoms with Crippen LogP contribution in [0, 0.1) is 0 Å². The predicted octanol–water partition coefficient (Wildman–Crippen LogP) is 1.40. The summed E-state index contributed by atoms with van der Waals surface area (Å²) in [5.41, 5.74) is 0.0303. The number of carbonyl (C=O) groups is 2. The summed E-state index contributed by atoms with van der Waals surface area (Å²) in [5, 5.41) is 11.9. The molecule has 1 heterocycles. The van der Waals surface area contributed by atoms with Crippen LogP contribution in [0.5, 0.6) is 17.2 Å². The van der Waals surface area contributed by atoms with Crippen molar-refractivity contribution in [2.45, 2.75) is 31.2 Å². The highest BCUT2D eigenvalue weighted by Crippen LogP contribution is 2.38. The first kappa shape index (κ1) is 19.8. The second kappa shape index (κ2) is 8.75. The van der Waals surface area contributed by atoms with Crippen LogP contribution in [0.4, 0.5) is 0 Å². The zero-order valence-electron chi connectivity index (χ0n) is 15.3. The van der Waals surface area contributed by atoms with E-state index >= 15 is 0 Å². The van der Waals surface area contributed by atoms with Crippen molar-refractivity contribution < 1.29 is 33.6 Å². The molecule has 0 bridgehead atoms. The number of nitrogens with one attached hydrogen (secondary N) is 1. The van der Waals surface area contributed by atoms with Crippen LogP contribution in [0.15, 0.2) is 12.1 Å². The molecule has 8 nitrogen and oxygen atoms in total. The van der Waals surface area contributed by atoms with Crippen LogP contribution in [0.1, 0.15) is 24.8 Å². The number of carbonyl (C=O) groups excluding carboxylic acids is 1. The van der Waals surface area contributed by atoms with Crippen molar-refractivity contribution in [1.29, 1.82) is 0 Å². The summed E-state index contributed by atoms with van der Waals surface area (Å²) >= 11 is 0. The zero-order chi connectivity index (χ0) is 19.2. The summed E-state index contributed by atoms with van der Waals surface area (Å²) in [7, 11) is 4.59. The minimum absolute atomic E-state index is 0.150. The van der Waals surface area contributed by atoms with Crippen molar-refractivity contribution in [2.24, 2.45) is 0 Å². The number of hydrogen-bond donors (Lipinski definition) is 2. The number of rotatable bonds is 9. The molecule has 0 saturated carbocycles. The van der Waals surface area contributed by atoms with Crippen LogP contribution in [0.2, 0.25) is 0 Å². The Kier molecular flexibility index (Phi) is 6.68. The fraction of sp³-hybridized carbons (Fsp3) is 0.556. The maximum absolute atomic E-state index is 12.3. The SMILES string of the molecule is COc1cc(CCC(=O)NC2(CC(=O)O)CCOC2)cc(OC)c1OC. The van der Waals surface area contributed by atoms with E-state index < -0.39 is 11.5 Å². The molecule has 1 amide bonds. The molecule has 1 fully saturated rings. The normalized spacial score (nSPS) is 19.0. The minimum Gasteiger partial charge on any atom is -0.493 e. The lowest BCUT2D eigenvalue weighted by Gasteiger charge is -2.27. The summed E-state index contributed by atoms with van der Waals surface area (Å²) < 4.78 is 21.2. The van der Waals surface area contributed by atoms with E-state index in [0.29, 0.717) is 36.7 Å². The molecule has 1 unspecified atom stereocenters. The minimum atomic E-state index is -0.958. The van der Waals surface area contributed by atoms with Crippen LogP contribution < -0.4 is 19.5 Å². The van der Waals surface area contributed by atoms with Crippen molar-refractivity contribution >= 4 is 11.9 Å². The number of hydrogen-bond acceptors (Lipinski definition) is 6. The van der Waals surface area contributed by atoms with Crippen molar-refractivity contribution in [1.82, 2.24) is 5.32 Å². The molecule has 1 aliphatic rings. The molecule has 1 aliphatic heterocycles. The van der Waals surface area contributed by atoms with Gasteiger partial charge in [-0.15, -0.1) is 0 Å². The lowest BCUT2D eigenvalue weighted by atomic mass is 9.94. The topological polar surface area (TPSA) is 103 Å². The number of carboxylic acid groups (broad SMARTS) is 1. The third-order valence-corrected chi connectivity index (χ3v) is 4.36. The Balaban J connectivity index is 2.03. The van der Waals surface area contributed by atoms with Gasteiger partial charge in [-0.25, -0.2) is 0 Å². The van der Waals surface area contributed by atoms with Crippen LogP contribution >= 0.6 is 0 Å². The molecule has 0 spiro atoms. The molecule has 1 atom stereocenters. The molecule has 1 aromatic rings. The predicted molar refractivity (Wildman–Crippen MR) is 93.0 cm³/mol. The van der Waals surface area contributed by atoms with Gasteiger partial charge in [0.1, 0.15) is 0 Å². The van der Waals surface area contributed by atoms with Gasteiger partial charge in [0.15, 0.2) is 11.5 Å². The number of carboxylic acids is 1. The van der Waals surface area contributed by atoms with Gasteiger partial charge in [-0.05, 0) is 30.5 Å². The average Bonchev–Trinajstić information content (AvgIpc) is 3.05. The summed E-state index contributed by atoms with van der Waals surface area (Å²) in [6.45, 7) is 0.662. The highest BCUT2D eigenvalue weighted by Gasteiger charge is 2.38. The second-order valence-corrected chi connectivity index (χ2v) is 6.24. The summed E-state index contributed by atoms with van der Waals surface area (Å²) in [4.78, 5) is 23.4. The van der Waals surface area contributed by atoms with Gasteiger partial charge in [0.2, 0.25) is 11.7 Å². The first-order valence-electron chi connectivity index (χ1n) is 8.32. The van der Waals surface area contributed by atoms with Gasteiger partial charge in [-0.2, -0.15) is 0 Å². The van der Waals surface area contributed by atoms with Gasteiger partial charge in [0.25, 0.3) is 0 Å². The largest absolute Gasteiger partial charge is 0.493 e. The third kappa shape index (κ3) is 4.78. The highest BCUT2D eigenvalue weighted by molar-refractivity contribution is 5.78. The number of aliphatic carboxylic acids is 1. The Morgan fingerprint density at radius 1 is 1.19 bits per heavy atom. The monoisotopic (exact) mass is 367 g/mol. The van der Waals surface area contributed by atoms with Crippen LogP contribution in [0.3, 0.4) is 0 Å². The molecule has 2 rings (SSSR count). The number of aryl methyl sites for hydroxylation is 1. The maximum atomic E-state index is 12.3. The van der Waals surface area contributed by atoms with E-state index in [1.807, 2.05) is 0 Å². The molecular weight excluding hydrogens is 342 g/mol. The van der Waals surface area contributed by atoms with Crippen molar-refractivity contribution in [3.8, 4) is 17.2 Å². The number of benzene rings is 1. The van der Waals surface area contributed by atoms with E-state index in [4.69, 9.17) is 24.1 Å². The zero-order valence-corrected chi connectivity index (χ0v) is 15.3. The standard InChI is InChI=1S/C18H25NO7/c1-23-13-8-12(9-14(24-2)17(13)25-3)4-5-15(20)19-18(10-16(21)22)6-7-26-11-18/h8-9H,4-7,10-11H2,1-3H3,(H,19,20)(H,21,22). The van der Waals surface area contributed by atoms with Gasteiger partial charge in [-0.1, -0.05) is 0 Å². The highest BCUT2D eigenvalue weighted by atomic mass is 16.5. The first-order chi connectivity index (χ1) is 12.4.